The Labute approximate surface area is 156 Å². The van der Waals surface area contributed by atoms with Gasteiger partial charge in [0.05, 0.1) is 7.11 Å². The molecule has 0 aliphatic carbocycles. The van der Waals surface area contributed by atoms with Gasteiger partial charge in [-0.2, -0.15) is 8.78 Å². The zero-order chi connectivity index (χ0) is 18.7. The maximum atomic E-state index is 12.4. The second-order valence-corrected chi connectivity index (χ2v) is 6.05. The fraction of sp³-hybridized carbons (Fsp3) is 0.111. The van der Waals surface area contributed by atoms with Gasteiger partial charge in [-0.25, -0.2) is 9.79 Å². The van der Waals surface area contributed by atoms with Gasteiger partial charge < -0.3 is 14.2 Å². The topological polar surface area (TPSA) is 57.1 Å². The van der Waals surface area contributed by atoms with Gasteiger partial charge >= 0.3 is 12.6 Å². The molecule has 0 amide bonds. The summed E-state index contributed by atoms with van der Waals surface area (Å²) in [7, 11) is 1.33. The Morgan fingerprint density at radius 2 is 2.00 bits per heavy atom. The zero-order valence-corrected chi connectivity index (χ0v) is 15.0. The maximum absolute atomic E-state index is 12.4. The number of benzene rings is 2. The fourth-order valence-electron chi connectivity index (χ4n) is 2.28. The van der Waals surface area contributed by atoms with Crippen LogP contribution in [0, 0.1) is 0 Å². The van der Waals surface area contributed by atoms with Crippen LogP contribution in [0.4, 0.5) is 8.78 Å². The third-order valence-electron chi connectivity index (χ3n) is 3.40. The SMILES string of the molecule is COc1cc(C=C2N=C(c3cccc(Br)c3)OC2=O)ccc1OC(F)F. The largest absolute Gasteiger partial charge is 0.493 e. The average molecular weight is 424 g/mol. The van der Waals surface area contributed by atoms with Gasteiger partial charge in [0.25, 0.3) is 0 Å². The molecule has 8 heteroatoms. The molecule has 134 valence electrons. The van der Waals surface area contributed by atoms with Crippen LogP contribution in [0.25, 0.3) is 6.08 Å². The van der Waals surface area contributed by atoms with E-state index in [0.717, 1.165) is 4.47 Å². The van der Waals surface area contributed by atoms with Gasteiger partial charge in [-0.3, -0.25) is 0 Å². The normalized spacial score (nSPS) is 15.2. The van der Waals surface area contributed by atoms with Gasteiger partial charge in [0.2, 0.25) is 5.90 Å². The van der Waals surface area contributed by atoms with E-state index in [4.69, 9.17) is 9.47 Å². The lowest BCUT2D eigenvalue weighted by Crippen LogP contribution is -2.05. The van der Waals surface area contributed by atoms with Gasteiger partial charge in [0.1, 0.15) is 0 Å². The molecule has 2 aromatic carbocycles. The van der Waals surface area contributed by atoms with Crippen LogP contribution in [0.3, 0.4) is 0 Å². The summed E-state index contributed by atoms with van der Waals surface area (Å²) in [5.41, 5.74) is 1.26. The molecule has 0 fully saturated rings. The second-order valence-electron chi connectivity index (χ2n) is 5.14. The molecule has 0 aromatic heterocycles. The molecule has 1 aliphatic rings. The number of rotatable bonds is 5. The van der Waals surface area contributed by atoms with E-state index < -0.39 is 12.6 Å². The van der Waals surface area contributed by atoms with Crippen molar-refractivity contribution >= 4 is 33.9 Å². The van der Waals surface area contributed by atoms with Crippen molar-refractivity contribution in [2.45, 2.75) is 6.61 Å². The van der Waals surface area contributed by atoms with Crippen LogP contribution in [0.15, 0.2) is 57.6 Å². The Balaban J connectivity index is 1.90. The molecule has 1 aliphatic heterocycles. The van der Waals surface area contributed by atoms with Crippen molar-refractivity contribution in [2.75, 3.05) is 7.11 Å². The van der Waals surface area contributed by atoms with Gasteiger partial charge in [-0.05, 0) is 42.0 Å². The molecule has 0 N–H and O–H groups in total. The first-order chi connectivity index (χ1) is 12.5. The van der Waals surface area contributed by atoms with E-state index in [-0.39, 0.29) is 23.1 Å². The summed E-state index contributed by atoms with van der Waals surface area (Å²) in [6.45, 7) is -2.96. The molecule has 0 atom stereocenters. The number of carbonyl (C=O) groups excluding carboxylic acids is 1. The lowest BCUT2D eigenvalue weighted by Gasteiger charge is -2.10. The van der Waals surface area contributed by atoms with Crippen LogP contribution in [0.5, 0.6) is 11.5 Å². The fourth-order valence-corrected chi connectivity index (χ4v) is 2.68. The van der Waals surface area contributed by atoms with Crippen LogP contribution < -0.4 is 9.47 Å². The summed E-state index contributed by atoms with van der Waals surface area (Å²) in [5, 5.41) is 0. The predicted molar refractivity (Wildman–Crippen MR) is 94.4 cm³/mol. The van der Waals surface area contributed by atoms with Crippen molar-refractivity contribution < 1.29 is 27.8 Å². The van der Waals surface area contributed by atoms with Crippen LogP contribution in [0.1, 0.15) is 11.1 Å². The monoisotopic (exact) mass is 423 g/mol. The van der Waals surface area contributed by atoms with Crippen LogP contribution in [0.2, 0.25) is 0 Å². The quantitative estimate of drug-likeness (QED) is 0.528. The highest BCUT2D eigenvalue weighted by molar-refractivity contribution is 9.10. The molecule has 0 radical (unpaired) electrons. The Morgan fingerprint density at radius 3 is 2.69 bits per heavy atom. The van der Waals surface area contributed by atoms with Gasteiger partial charge in [0.15, 0.2) is 17.2 Å². The highest BCUT2D eigenvalue weighted by Gasteiger charge is 2.24. The third-order valence-corrected chi connectivity index (χ3v) is 3.89. The minimum atomic E-state index is -2.96. The summed E-state index contributed by atoms with van der Waals surface area (Å²) in [5.74, 6) is -0.404. The number of ether oxygens (including phenoxy) is 3. The van der Waals surface area contributed by atoms with Gasteiger partial charge in [-0.15, -0.1) is 0 Å². The molecule has 0 saturated heterocycles. The second kappa shape index (κ2) is 7.65. The van der Waals surface area contributed by atoms with Crippen molar-refractivity contribution in [1.82, 2.24) is 0 Å². The molecule has 26 heavy (non-hydrogen) atoms. The third kappa shape index (κ3) is 4.08. The molecule has 5 nitrogen and oxygen atoms in total. The summed E-state index contributed by atoms with van der Waals surface area (Å²) in [6.07, 6.45) is 1.47. The van der Waals surface area contributed by atoms with Crippen molar-refractivity contribution in [3.63, 3.8) is 0 Å². The first-order valence-corrected chi connectivity index (χ1v) is 8.17. The molecule has 0 unspecified atom stereocenters. The molecule has 2 aromatic rings. The lowest BCUT2D eigenvalue weighted by atomic mass is 10.1. The van der Waals surface area contributed by atoms with E-state index in [1.54, 1.807) is 18.2 Å². The van der Waals surface area contributed by atoms with Gasteiger partial charge in [0, 0.05) is 10.0 Å². The number of hydrogen-bond donors (Lipinski definition) is 0. The van der Waals surface area contributed by atoms with E-state index in [1.807, 2.05) is 6.07 Å². The number of hydrogen-bond acceptors (Lipinski definition) is 5. The highest BCUT2D eigenvalue weighted by Crippen LogP contribution is 2.31. The van der Waals surface area contributed by atoms with E-state index in [2.05, 4.69) is 25.7 Å². The Bertz CT molecular complexity index is 912. The van der Waals surface area contributed by atoms with E-state index in [0.29, 0.717) is 11.1 Å². The maximum Gasteiger partial charge on any atom is 0.387 e. The number of halogens is 3. The molecule has 1 heterocycles. The molecular formula is C18H12BrF2NO4. The van der Waals surface area contributed by atoms with Crippen molar-refractivity contribution in [3.8, 4) is 11.5 Å². The minimum Gasteiger partial charge on any atom is -0.493 e. The van der Waals surface area contributed by atoms with E-state index in [9.17, 15) is 13.6 Å². The summed E-state index contributed by atoms with van der Waals surface area (Å²) < 4.78 is 40.2. The Kier molecular flexibility index (Phi) is 5.32. The predicted octanol–water partition coefficient (Wildman–Crippen LogP) is 4.40. The van der Waals surface area contributed by atoms with Crippen molar-refractivity contribution in [2.24, 2.45) is 4.99 Å². The first kappa shape index (κ1) is 18.1. The van der Waals surface area contributed by atoms with Crippen LogP contribution >= 0.6 is 15.9 Å². The number of aliphatic imine (C=N–C) groups is 1. The molecule has 3 rings (SSSR count). The number of esters is 1. The summed E-state index contributed by atoms with van der Waals surface area (Å²) >= 11 is 3.34. The minimum absolute atomic E-state index is 0.0876. The van der Waals surface area contributed by atoms with E-state index in [1.165, 1.54) is 31.4 Å². The Morgan fingerprint density at radius 1 is 1.19 bits per heavy atom. The first-order valence-electron chi connectivity index (χ1n) is 7.37. The average Bonchev–Trinajstić information content (AvgIpc) is 2.96. The lowest BCUT2D eigenvalue weighted by molar-refractivity contribution is -0.129. The molecule has 0 bridgehead atoms. The highest BCUT2D eigenvalue weighted by atomic mass is 79.9. The number of nitrogens with zero attached hydrogens (tertiary/aromatic N) is 1. The molecule has 0 spiro atoms. The van der Waals surface area contributed by atoms with Crippen molar-refractivity contribution in [1.29, 1.82) is 0 Å². The standard InChI is InChI=1S/C18H12BrF2NO4/c1-24-15-8-10(5-6-14(15)25-18(20)21)7-13-17(23)26-16(22-13)11-3-2-4-12(19)9-11/h2-9,18H,1H3. The smallest absolute Gasteiger partial charge is 0.387 e. The number of methoxy groups -OCH3 is 1. The molecule has 0 saturated carbocycles. The summed E-state index contributed by atoms with van der Waals surface area (Å²) in [6, 6.07) is 11.5. The van der Waals surface area contributed by atoms with E-state index >= 15 is 0 Å². The van der Waals surface area contributed by atoms with Gasteiger partial charge in [-0.1, -0.05) is 28.1 Å². The number of carbonyl (C=O) groups is 1. The Hall–Kier alpha value is -2.74. The zero-order valence-electron chi connectivity index (χ0n) is 13.4. The molecular weight excluding hydrogens is 412 g/mol. The van der Waals surface area contributed by atoms with Crippen LogP contribution in [-0.2, 0) is 9.53 Å². The number of cyclic esters (lactones) is 1. The summed E-state index contributed by atoms with van der Waals surface area (Å²) in [4.78, 5) is 16.2. The van der Waals surface area contributed by atoms with Crippen molar-refractivity contribution in [3.05, 3.63) is 63.8 Å². The van der Waals surface area contributed by atoms with Crippen LogP contribution in [-0.4, -0.2) is 25.6 Å². The number of alkyl halides is 2.